The zero-order valence-corrected chi connectivity index (χ0v) is 9.62. The van der Waals surface area contributed by atoms with E-state index in [0.717, 1.165) is 0 Å². The van der Waals surface area contributed by atoms with Gasteiger partial charge in [-0.25, -0.2) is 9.78 Å². The smallest absolute Gasteiger partial charge is 0.342 e. The molecule has 0 aliphatic rings. The highest BCUT2D eigenvalue weighted by Crippen LogP contribution is 2.10. The van der Waals surface area contributed by atoms with E-state index in [1.165, 1.54) is 19.4 Å². The number of allylic oxidation sites excluding steroid dienone is 1. The van der Waals surface area contributed by atoms with E-state index in [0.29, 0.717) is 10.9 Å². The molecule has 0 spiro atoms. The van der Waals surface area contributed by atoms with Crippen LogP contribution in [0, 0.1) is 5.95 Å². The Morgan fingerprint density at radius 1 is 1.73 bits per heavy atom. The summed E-state index contributed by atoms with van der Waals surface area (Å²) in [4.78, 5) is 14.6. The minimum absolute atomic E-state index is 0.158. The van der Waals surface area contributed by atoms with Crippen molar-refractivity contribution in [2.45, 2.75) is 0 Å². The monoisotopic (exact) mass is 273 g/mol. The Labute approximate surface area is 95.1 Å². The summed E-state index contributed by atoms with van der Waals surface area (Å²) in [5.74, 6) is -1.55. The molecule has 1 aromatic heterocycles. The third-order valence-electron chi connectivity index (χ3n) is 1.66. The summed E-state index contributed by atoms with van der Waals surface area (Å²) in [6.45, 7) is 0. The molecule has 0 N–H and O–H groups in total. The van der Waals surface area contributed by atoms with Gasteiger partial charge in [0.1, 0.15) is 5.56 Å². The normalized spacial score (nSPS) is 10.6. The Hall–Kier alpha value is -1.23. The molecule has 0 bridgehead atoms. The summed E-state index contributed by atoms with van der Waals surface area (Å²) < 4.78 is 17.5. The van der Waals surface area contributed by atoms with Crippen molar-refractivity contribution in [3.8, 4) is 0 Å². The van der Waals surface area contributed by atoms with Gasteiger partial charge in [-0.15, -0.1) is 0 Å². The lowest BCUT2D eigenvalue weighted by molar-refractivity contribution is 0.0594. The molecule has 15 heavy (non-hydrogen) atoms. The van der Waals surface area contributed by atoms with Gasteiger partial charge in [0.05, 0.1) is 7.11 Å². The van der Waals surface area contributed by atoms with Gasteiger partial charge in [0.15, 0.2) is 0 Å². The molecule has 0 fully saturated rings. The summed E-state index contributed by atoms with van der Waals surface area (Å²) in [5, 5.41) is 0.679. The number of carbonyl (C=O) groups is 1. The van der Waals surface area contributed by atoms with E-state index in [4.69, 9.17) is 0 Å². The fourth-order valence-corrected chi connectivity index (χ4v) is 1.18. The molecule has 0 aromatic carbocycles. The lowest BCUT2D eigenvalue weighted by atomic mass is 10.2. The van der Waals surface area contributed by atoms with Crippen LogP contribution < -0.4 is 0 Å². The minimum Gasteiger partial charge on any atom is -0.465 e. The van der Waals surface area contributed by atoms with Crippen molar-refractivity contribution in [2.24, 2.45) is 0 Å². The molecule has 80 valence electrons. The van der Waals surface area contributed by atoms with E-state index < -0.39 is 11.9 Å². The lowest BCUT2D eigenvalue weighted by Crippen LogP contribution is -2.06. The number of carbonyl (C=O) groups excluding carboxylic acids is 1. The fraction of sp³-hybridized carbons (Fsp3) is 0.200. The third kappa shape index (κ3) is 3.13. The van der Waals surface area contributed by atoms with Gasteiger partial charge in [-0.2, -0.15) is 4.39 Å². The van der Waals surface area contributed by atoms with E-state index >= 15 is 0 Å². The average molecular weight is 274 g/mol. The van der Waals surface area contributed by atoms with Crippen molar-refractivity contribution in [1.82, 2.24) is 4.98 Å². The van der Waals surface area contributed by atoms with Crippen molar-refractivity contribution < 1.29 is 13.9 Å². The van der Waals surface area contributed by atoms with E-state index in [1.54, 1.807) is 6.08 Å². The number of methoxy groups -OCH3 is 1. The van der Waals surface area contributed by atoms with Crippen LogP contribution in [-0.2, 0) is 4.74 Å². The summed E-state index contributed by atoms with van der Waals surface area (Å²) >= 11 is 3.21. The molecule has 1 rings (SSSR count). The molecule has 0 saturated carbocycles. The first-order chi connectivity index (χ1) is 7.19. The van der Waals surface area contributed by atoms with Gasteiger partial charge in [0.25, 0.3) is 0 Å². The number of esters is 1. The standard InChI is InChI=1S/C10H9BrFNO2/c1-15-10(14)8-5-7(3-2-4-11)6-13-9(8)12/h2-3,5-6H,4H2,1H3. The van der Waals surface area contributed by atoms with Gasteiger partial charge in [0.2, 0.25) is 5.95 Å². The second-order valence-corrected chi connectivity index (χ2v) is 3.30. The Morgan fingerprint density at radius 3 is 3.07 bits per heavy atom. The van der Waals surface area contributed by atoms with Gasteiger partial charge in [-0.3, -0.25) is 0 Å². The van der Waals surface area contributed by atoms with Crippen LogP contribution in [-0.4, -0.2) is 23.4 Å². The highest BCUT2D eigenvalue weighted by Gasteiger charge is 2.13. The average Bonchev–Trinajstić information content (AvgIpc) is 2.27. The molecule has 0 atom stereocenters. The molecule has 1 heterocycles. The molecule has 0 unspecified atom stereocenters. The zero-order valence-electron chi connectivity index (χ0n) is 8.04. The summed E-state index contributed by atoms with van der Waals surface area (Å²) in [5.41, 5.74) is 0.491. The molecule has 0 aliphatic carbocycles. The number of pyridine rings is 1. The molecule has 0 aliphatic heterocycles. The summed E-state index contributed by atoms with van der Waals surface area (Å²) in [6, 6.07) is 1.40. The Morgan fingerprint density at radius 2 is 2.47 bits per heavy atom. The van der Waals surface area contributed by atoms with Gasteiger partial charge >= 0.3 is 5.97 Å². The van der Waals surface area contributed by atoms with Crippen molar-refractivity contribution >= 4 is 28.0 Å². The molecule has 5 heteroatoms. The number of alkyl halides is 1. The molecule has 3 nitrogen and oxygen atoms in total. The maximum atomic E-state index is 13.1. The van der Waals surface area contributed by atoms with Crippen LogP contribution in [0.15, 0.2) is 18.3 Å². The highest BCUT2D eigenvalue weighted by molar-refractivity contribution is 9.09. The molecule has 0 radical (unpaired) electrons. The zero-order chi connectivity index (χ0) is 11.3. The van der Waals surface area contributed by atoms with E-state index in [1.807, 2.05) is 6.08 Å². The Bertz CT molecular complexity index is 393. The Balaban J connectivity index is 3.05. The van der Waals surface area contributed by atoms with Gasteiger partial charge < -0.3 is 4.74 Å². The van der Waals surface area contributed by atoms with Crippen LogP contribution in [0.5, 0.6) is 0 Å². The van der Waals surface area contributed by atoms with Gasteiger partial charge in [-0.1, -0.05) is 28.1 Å². The fourth-order valence-electron chi connectivity index (χ4n) is 0.989. The predicted octanol–water partition coefficient (Wildman–Crippen LogP) is 2.42. The van der Waals surface area contributed by atoms with Crippen molar-refractivity contribution in [1.29, 1.82) is 0 Å². The van der Waals surface area contributed by atoms with Crippen LogP contribution in [0.25, 0.3) is 6.08 Å². The number of nitrogens with zero attached hydrogens (tertiary/aromatic N) is 1. The van der Waals surface area contributed by atoms with Crippen LogP contribution in [0.2, 0.25) is 0 Å². The molecule has 0 saturated heterocycles. The number of halogens is 2. The first-order valence-corrected chi connectivity index (χ1v) is 5.27. The quantitative estimate of drug-likeness (QED) is 0.482. The maximum Gasteiger partial charge on any atom is 0.342 e. The summed E-state index contributed by atoms with van der Waals surface area (Å²) in [7, 11) is 1.20. The Kier molecular flexibility index (Phi) is 4.42. The first-order valence-electron chi connectivity index (χ1n) is 4.15. The SMILES string of the molecule is COC(=O)c1cc(C=CCBr)cnc1F. The van der Waals surface area contributed by atoms with Crippen molar-refractivity contribution in [3.63, 3.8) is 0 Å². The molecular formula is C10H9BrFNO2. The number of aromatic nitrogens is 1. The largest absolute Gasteiger partial charge is 0.465 e. The highest BCUT2D eigenvalue weighted by atomic mass is 79.9. The lowest BCUT2D eigenvalue weighted by Gasteiger charge is -2.01. The van der Waals surface area contributed by atoms with Crippen LogP contribution in [0.1, 0.15) is 15.9 Å². The van der Waals surface area contributed by atoms with Gasteiger partial charge in [0, 0.05) is 11.5 Å². The van der Waals surface area contributed by atoms with Gasteiger partial charge in [-0.05, 0) is 11.6 Å². The van der Waals surface area contributed by atoms with Crippen LogP contribution in [0.3, 0.4) is 0 Å². The van der Waals surface area contributed by atoms with E-state index in [9.17, 15) is 9.18 Å². The third-order valence-corrected chi connectivity index (χ3v) is 2.04. The van der Waals surface area contributed by atoms with Crippen molar-refractivity contribution in [2.75, 3.05) is 12.4 Å². The molecular weight excluding hydrogens is 265 g/mol. The van der Waals surface area contributed by atoms with Crippen LogP contribution in [0.4, 0.5) is 4.39 Å². The molecule has 1 aromatic rings. The molecule has 0 amide bonds. The first kappa shape index (κ1) is 11.8. The summed E-state index contributed by atoms with van der Waals surface area (Å²) in [6.07, 6.45) is 4.89. The second-order valence-electron chi connectivity index (χ2n) is 2.66. The second kappa shape index (κ2) is 5.60. The predicted molar refractivity (Wildman–Crippen MR) is 58.4 cm³/mol. The minimum atomic E-state index is -0.821. The van der Waals surface area contributed by atoms with Crippen molar-refractivity contribution in [3.05, 3.63) is 35.4 Å². The van der Waals surface area contributed by atoms with E-state index in [-0.39, 0.29) is 5.56 Å². The number of rotatable bonds is 3. The number of hydrogen-bond acceptors (Lipinski definition) is 3. The number of hydrogen-bond donors (Lipinski definition) is 0. The van der Waals surface area contributed by atoms with E-state index in [2.05, 4.69) is 25.7 Å². The van der Waals surface area contributed by atoms with Crippen LogP contribution >= 0.6 is 15.9 Å². The topological polar surface area (TPSA) is 39.2 Å². The maximum absolute atomic E-state index is 13.1. The number of ether oxygens (including phenoxy) is 1.